The number of hydrogen-bond acceptors (Lipinski definition) is 4. The van der Waals surface area contributed by atoms with E-state index in [1.165, 1.54) is 7.11 Å². The van der Waals surface area contributed by atoms with E-state index < -0.39 is 0 Å². The summed E-state index contributed by atoms with van der Waals surface area (Å²) in [6.45, 7) is 2.37. The van der Waals surface area contributed by atoms with Crippen molar-refractivity contribution in [2.75, 3.05) is 27.8 Å². The van der Waals surface area contributed by atoms with Crippen molar-refractivity contribution in [3.8, 4) is 0 Å². The van der Waals surface area contributed by atoms with Gasteiger partial charge in [-0.2, -0.15) is 5.06 Å². The molecule has 1 unspecified atom stereocenters. The minimum absolute atomic E-state index is 0.0880. The molecule has 0 aliphatic rings. The molecule has 0 amide bonds. The summed E-state index contributed by atoms with van der Waals surface area (Å²) < 4.78 is 4.56. The summed E-state index contributed by atoms with van der Waals surface area (Å²) in [5.41, 5.74) is 0. The Morgan fingerprint density at radius 3 is 2.50 bits per heavy atom. The maximum Gasteiger partial charge on any atom is 0.308 e. The van der Waals surface area contributed by atoms with Crippen molar-refractivity contribution in [2.45, 2.75) is 13.3 Å². The normalized spacial score (nSPS) is 13.1. The number of esters is 1. The van der Waals surface area contributed by atoms with Gasteiger partial charge in [0.05, 0.1) is 19.6 Å². The molecule has 0 aromatic rings. The lowest BCUT2D eigenvalue weighted by molar-refractivity contribution is -0.149. The second-order valence-electron chi connectivity index (χ2n) is 2.86. The fraction of sp³-hybridized carbons (Fsp3) is 0.875. The summed E-state index contributed by atoms with van der Waals surface area (Å²) >= 11 is 0. The molecule has 0 saturated heterocycles. The highest BCUT2D eigenvalue weighted by Gasteiger charge is 2.12. The molecule has 0 fully saturated rings. The Kier molecular flexibility index (Phi) is 5.66. The van der Waals surface area contributed by atoms with Crippen LogP contribution in [0.5, 0.6) is 0 Å². The third-order valence-corrected chi connectivity index (χ3v) is 1.50. The Hall–Kier alpha value is -0.610. The van der Waals surface area contributed by atoms with Crippen LogP contribution in [0.15, 0.2) is 0 Å². The Morgan fingerprint density at radius 2 is 2.08 bits per heavy atom. The molecule has 12 heavy (non-hydrogen) atoms. The van der Waals surface area contributed by atoms with Gasteiger partial charge in [0.25, 0.3) is 0 Å². The zero-order valence-electron chi connectivity index (χ0n) is 8.16. The Labute approximate surface area is 73.4 Å². The number of ether oxygens (including phenoxy) is 1. The van der Waals surface area contributed by atoms with Crippen molar-refractivity contribution in [3.05, 3.63) is 0 Å². The van der Waals surface area contributed by atoms with E-state index in [9.17, 15) is 4.79 Å². The van der Waals surface area contributed by atoms with Gasteiger partial charge < -0.3 is 4.74 Å². The van der Waals surface area contributed by atoms with Crippen molar-refractivity contribution in [3.63, 3.8) is 0 Å². The lowest BCUT2D eigenvalue weighted by Gasteiger charge is -2.12. The highest BCUT2D eigenvalue weighted by Crippen LogP contribution is 2.03. The predicted molar refractivity (Wildman–Crippen MR) is 45.4 cm³/mol. The second kappa shape index (κ2) is 5.97. The lowest BCUT2D eigenvalue weighted by atomic mass is 10.1. The molecule has 4 nitrogen and oxygen atoms in total. The number of hydroxylamine groups is 2. The third kappa shape index (κ3) is 5.09. The van der Waals surface area contributed by atoms with Crippen molar-refractivity contribution < 1.29 is 14.4 Å². The zero-order valence-corrected chi connectivity index (χ0v) is 8.16. The SMILES string of the molecule is COC(=O)C(C)CCON(C)C. The smallest absolute Gasteiger partial charge is 0.308 e. The van der Waals surface area contributed by atoms with E-state index in [4.69, 9.17) is 4.84 Å². The fourth-order valence-electron chi connectivity index (χ4n) is 0.731. The van der Waals surface area contributed by atoms with Crippen LogP contribution in [0.3, 0.4) is 0 Å². The average Bonchev–Trinajstić information content (AvgIpc) is 2.02. The topological polar surface area (TPSA) is 38.8 Å². The first kappa shape index (κ1) is 11.4. The fourth-order valence-corrected chi connectivity index (χ4v) is 0.731. The maximum atomic E-state index is 10.9. The largest absolute Gasteiger partial charge is 0.469 e. The zero-order chi connectivity index (χ0) is 9.56. The summed E-state index contributed by atoms with van der Waals surface area (Å²) in [7, 11) is 5.01. The molecule has 1 atom stereocenters. The predicted octanol–water partition coefficient (Wildman–Crippen LogP) is 0.679. The lowest BCUT2D eigenvalue weighted by Crippen LogP contribution is -2.18. The minimum Gasteiger partial charge on any atom is -0.469 e. The molecule has 0 spiro atoms. The summed E-state index contributed by atoms with van der Waals surface area (Å²) in [4.78, 5) is 16.0. The van der Waals surface area contributed by atoms with E-state index >= 15 is 0 Å². The maximum absolute atomic E-state index is 10.9. The van der Waals surface area contributed by atoms with Crippen LogP contribution < -0.4 is 0 Å². The van der Waals surface area contributed by atoms with Gasteiger partial charge in [-0.15, -0.1) is 0 Å². The van der Waals surface area contributed by atoms with Gasteiger partial charge in [-0.05, 0) is 6.42 Å². The molecule has 0 aromatic carbocycles. The average molecular weight is 175 g/mol. The molecule has 0 aromatic heterocycles. The van der Waals surface area contributed by atoms with Gasteiger partial charge in [-0.3, -0.25) is 9.63 Å². The summed E-state index contributed by atoms with van der Waals surface area (Å²) in [5.74, 6) is -0.271. The molecule has 0 aliphatic carbocycles. The Bertz CT molecular complexity index is 136. The van der Waals surface area contributed by atoms with Crippen molar-refractivity contribution in [1.29, 1.82) is 0 Å². The Balaban J connectivity index is 3.43. The van der Waals surface area contributed by atoms with Crippen LogP contribution >= 0.6 is 0 Å². The van der Waals surface area contributed by atoms with E-state index in [2.05, 4.69) is 4.74 Å². The number of carbonyl (C=O) groups is 1. The van der Waals surface area contributed by atoms with Crippen LogP contribution in [-0.4, -0.2) is 38.8 Å². The quantitative estimate of drug-likeness (QED) is 0.455. The van der Waals surface area contributed by atoms with E-state index in [1.807, 2.05) is 21.0 Å². The van der Waals surface area contributed by atoms with Gasteiger partial charge in [0, 0.05) is 14.1 Å². The molecule has 0 aliphatic heterocycles. The molecule has 0 N–H and O–H groups in total. The molecule has 0 bridgehead atoms. The second-order valence-corrected chi connectivity index (χ2v) is 2.86. The standard InChI is InChI=1S/C8H17NO3/c1-7(8(10)11-4)5-6-12-9(2)3/h7H,5-6H2,1-4H3. The van der Waals surface area contributed by atoms with Gasteiger partial charge in [0.1, 0.15) is 0 Å². The number of rotatable bonds is 5. The van der Waals surface area contributed by atoms with Crippen molar-refractivity contribution in [2.24, 2.45) is 5.92 Å². The molecule has 72 valence electrons. The van der Waals surface area contributed by atoms with E-state index in [-0.39, 0.29) is 11.9 Å². The summed E-state index contributed by atoms with van der Waals surface area (Å²) in [5, 5.41) is 1.62. The monoisotopic (exact) mass is 175 g/mol. The highest BCUT2D eigenvalue weighted by atomic mass is 16.7. The molecular formula is C8H17NO3. The number of nitrogens with zero attached hydrogens (tertiary/aromatic N) is 1. The van der Waals surface area contributed by atoms with Crippen LogP contribution in [0, 0.1) is 5.92 Å². The van der Waals surface area contributed by atoms with Crippen molar-refractivity contribution in [1.82, 2.24) is 5.06 Å². The molecule has 4 heteroatoms. The summed E-state index contributed by atoms with van der Waals surface area (Å²) in [6, 6.07) is 0. The Morgan fingerprint density at radius 1 is 1.50 bits per heavy atom. The number of hydrogen-bond donors (Lipinski definition) is 0. The summed E-state index contributed by atoms with van der Waals surface area (Å²) in [6.07, 6.45) is 0.685. The first-order valence-electron chi connectivity index (χ1n) is 3.96. The number of carbonyl (C=O) groups excluding carboxylic acids is 1. The van der Waals surface area contributed by atoms with Gasteiger partial charge in [-0.1, -0.05) is 6.92 Å². The van der Waals surface area contributed by atoms with Gasteiger partial charge in [0.2, 0.25) is 0 Å². The first-order chi connectivity index (χ1) is 5.57. The van der Waals surface area contributed by atoms with Crippen LogP contribution in [0.2, 0.25) is 0 Å². The van der Waals surface area contributed by atoms with Gasteiger partial charge in [-0.25, -0.2) is 0 Å². The molecule has 0 radical (unpaired) electrons. The third-order valence-electron chi connectivity index (χ3n) is 1.50. The highest BCUT2D eigenvalue weighted by molar-refractivity contribution is 5.71. The van der Waals surface area contributed by atoms with Gasteiger partial charge >= 0.3 is 5.97 Å². The minimum atomic E-state index is -0.183. The van der Waals surface area contributed by atoms with Crippen LogP contribution in [0.25, 0.3) is 0 Å². The molecule has 0 heterocycles. The van der Waals surface area contributed by atoms with Crippen LogP contribution in [-0.2, 0) is 14.4 Å². The molecule has 0 rings (SSSR count). The number of methoxy groups -OCH3 is 1. The van der Waals surface area contributed by atoms with E-state index in [0.29, 0.717) is 13.0 Å². The molecular weight excluding hydrogens is 158 g/mol. The van der Waals surface area contributed by atoms with E-state index in [1.54, 1.807) is 5.06 Å². The van der Waals surface area contributed by atoms with Gasteiger partial charge in [0.15, 0.2) is 0 Å². The van der Waals surface area contributed by atoms with Crippen LogP contribution in [0.4, 0.5) is 0 Å². The van der Waals surface area contributed by atoms with Crippen LogP contribution in [0.1, 0.15) is 13.3 Å². The molecule has 0 saturated carbocycles. The van der Waals surface area contributed by atoms with E-state index in [0.717, 1.165) is 0 Å². The van der Waals surface area contributed by atoms with Crippen molar-refractivity contribution >= 4 is 5.97 Å². The first-order valence-corrected chi connectivity index (χ1v) is 3.96.